The summed E-state index contributed by atoms with van der Waals surface area (Å²) in [6, 6.07) is 0. The Morgan fingerprint density at radius 3 is 2.38 bits per heavy atom. The molecule has 0 aromatic carbocycles. The molecular formula is C8H12O4S. The first-order chi connectivity index (χ1) is 6.13. The monoisotopic (exact) mass is 204 g/mol. The summed E-state index contributed by atoms with van der Waals surface area (Å²) in [5.74, 6) is -1.95. The Labute approximate surface area is 80.3 Å². The first kappa shape index (κ1) is 10.4. The van der Waals surface area contributed by atoms with E-state index in [1.54, 1.807) is 0 Å². The molecule has 0 bridgehead atoms. The average Bonchev–Trinajstić information content (AvgIpc) is 2.27. The van der Waals surface area contributed by atoms with Gasteiger partial charge in [-0.15, -0.1) is 11.8 Å². The lowest BCUT2D eigenvalue weighted by Crippen LogP contribution is -2.31. The molecule has 1 aliphatic heterocycles. The first-order valence-electron chi connectivity index (χ1n) is 4.20. The SMILES string of the molecule is O=C(O)C1CCCCSC1C(=O)O. The van der Waals surface area contributed by atoms with Crippen molar-refractivity contribution in [3.8, 4) is 0 Å². The maximum Gasteiger partial charge on any atom is 0.317 e. The van der Waals surface area contributed by atoms with E-state index in [1.807, 2.05) is 0 Å². The van der Waals surface area contributed by atoms with E-state index in [0.717, 1.165) is 18.6 Å². The minimum atomic E-state index is -1.00. The van der Waals surface area contributed by atoms with Crippen LogP contribution in [0.5, 0.6) is 0 Å². The average molecular weight is 204 g/mol. The van der Waals surface area contributed by atoms with E-state index in [4.69, 9.17) is 10.2 Å². The van der Waals surface area contributed by atoms with Gasteiger partial charge in [0, 0.05) is 0 Å². The van der Waals surface area contributed by atoms with Crippen LogP contribution in [0.25, 0.3) is 0 Å². The summed E-state index contributed by atoms with van der Waals surface area (Å²) < 4.78 is 0. The van der Waals surface area contributed by atoms with Gasteiger partial charge >= 0.3 is 11.9 Å². The maximum absolute atomic E-state index is 10.7. The zero-order valence-electron chi connectivity index (χ0n) is 7.10. The van der Waals surface area contributed by atoms with Crippen LogP contribution in [0.1, 0.15) is 19.3 Å². The van der Waals surface area contributed by atoms with Gasteiger partial charge in [-0.3, -0.25) is 9.59 Å². The van der Waals surface area contributed by atoms with Crippen LogP contribution in [0.4, 0.5) is 0 Å². The van der Waals surface area contributed by atoms with E-state index >= 15 is 0 Å². The Morgan fingerprint density at radius 2 is 1.85 bits per heavy atom. The van der Waals surface area contributed by atoms with Gasteiger partial charge in [0.25, 0.3) is 0 Å². The second-order valence-corrected chi connectivity index (χ2v) is 4.32. The van der Waals surface area contributed by atoms with E-state index in [-0.39, 0.29) is 0 Å². The maximum atomic E-state index is 10.7. The minimum Gasteiger partial charge on any atom is -0.481 e. The smallest absolute Gasteiger partial charge is 0.317 e. The number of carboxylic acid groups (broad SMARTS) is 2. The second kappa shape index (κ2) is 4.50. The standard InChI is InChI=1S/C8H12O4S/c9-7(10)5-3-1-2-4-13-6(5)8(11)12/h5-6H,1-4H2,(H,9,10)(H,11,12). The van der Waals surface area contributed by atoms with Crippen molar-refractivity contribution in [3.05, 3.63) is 0 Å². The van der Waals surface area contributed by atoms with Crippen LogP contribution in [0.2, 0.25) is 0 Å². The number of carboxylic acids is 2. The van der Waals surface area contributed by atoms with Crippen LogP contribution < -0.4 is 0 Å². The molecule has 2 N–H and O–H groups in total. The molecule has 1 saturated heterocycles. The zero-order chi connectivity index (χ0) is 9.84. The van der Waals surface area contributed by atoms with Gasteiger partial charge in [0.15, 0.2) is 0 Å². The van der Waals surface area contributed by atoms with Gasteiger partial charge in [-0.05, 0) is 18.6 Å². The molecule has 1 aliphatic rings. The fourth-order valence-electron chi connectivity index (χ4n) is 1.44. The Balaban J connectivity index is 2.72. The Bertz CT molecular complexity index is 194. The van der Waals surface area contributed by atoms with Crippen molar-refractivity contribution in [2.45, 2.75) is 24.5 Å². The van der Waals surface area contributed by atoms with Crippen LogP contribution in [-0.2, 0) is 9.59 Å². The van der Waals surface area contributed by atoms with E-state index in [1.165, 1.54) is 11.8 Å². The lowest BCUT2D eigenvalue weighted by Gasteiger charge is -2.15. The molecule has 0 radical (unpaired) electrons. The van der Waals surface area contributed by atoms with E-state index < -0.39 is 23.1 Å². The third-order valence-electron chi connectivity index (χ3n) is 2.13. The molecule has 0 aromatic rings. The molecule has 0 saturated carbocycles. The molecule has 5 heteroatoms. The predicted molar refractivity (Wildman–Crippen MR) is 48.9 cm³/mol. The molecule has 1 fully saturated rings. The van der Waals surface area contributed by atoms with Gasteiger partial charge in [0.05, 0.1) is 5.92 Å². The highest BCUT2D eigenvalue weighted by Crippen LogP contribution is 2.29. The van der Waals surface area contributed by atoms with Crippen molar-refractivity contribution in [1.29, 1.82) is 0 Å². The first-order valence-corrected chi connectivity index (χ1v) is 5.25. The number of rotatable bonds is 2. The van der Waals surface area contributed by atoms with Crippen LogP contribution >= 0.6 is 11.8 Å². The lowest BCUT2D eigenvalue weighted by atomic mass is 9.99. The van der Waals surface area contributed by atoms with Crippen LogP contribution in [0, 0.1) is 5.92 Å². The largest absolute Gasteiger partial charge is 0.481 e. The summed E-state index contributed by atoms with van der Waals surface area (Å²) in [5, 5.41) is 16.8. The van der Waals surface area contributed by atoms with E-state index in [9.17, 15) is 9.59 Å². The van der Waals surface area contributed by atoms with Gasteiger partial charge in [0.1, 0.15) is 5.25 Å². The van der Waals surface area contributed by atoms with Crippen molar-refractivity contribution >= 4 is 23.7 Å². The summed E-state index contributed by atoms with van der Waals surface area (Å²) >= 11 is 1.25. The molecule has 2 atom stereocenters. The number of carbonyl (C=O) groups is 2. The molecular weight excluding hydrogens is 192 g/mol. The summed E-state index contributed by atoms with van der Waals surface area (Å²) in [6.07, 6.45) is 2.21. The van der Waals surface area contributed by atoms with Crippen molar-refractivity contribution < 1.29 is 19.8 Å². The fraction of sp³-hybridized carbons (Fsp3) is 0.750. The number of hydrogen-bond donors (Lipinski definition) is 2. The van der Waals surface area contributed by atoms with Crippen molar-refractivity contribution in [3.63, 3.8) is 0 Å². The quantitative estimate of drug-likeness (QED) is 0.703. The number of aliphatic carboxylic acids is 2. The summed E-state index contributed by atoms with van der Waals surface area (Å²) in [6.45, 7) is 0. The number of hydrogen-bond acceptors (Lipinski definition) is 3. The molecule has 0 aromatic heterocycles. The van der Waals surface area contributed by atoms with Gasteiger partial charge < -0.3 is 10.2 Å². The van der Waals surface area contributed by atoms with Crippen LogP contribution in [-0.4, -0.2) is 33.2 Å². The Hall–Kier alpha value is -0.710. The lowest BCUT2D eigenvalue weighted by molar-refractivity contribution is -0.147. The molecule has 74 valence electrons. The van der Waals surface area contributed by atoms with Gasteiger partial charge in [-0.25, -0.2) is 0 Å². The summed E-state index contributed by atoms with van der Waals surface area (Å²) in [5.41, 5.74) is 0. The third-order valence-corrected chi connectivity index (χ3v) is 3.55. The molecule has 0 spiro atoms. The highest BCUT2D eigenvalue weighted by molar-refractivity contribution is 8.00. The number of thioether (sulfide) groups is 1. The summed E-state index contributed by atoms with van der Waals surface area (Å²) in [4.78, 5) is 21.5. The second-order valence-electron chi connectivity index (χ2n) is 3.07. The van der Waals surface area contributed by atoms with Crippen molar-refractivity contribution in [1.82, 2.24) is 0 Å². The molecule has 2 unspecified atom stereocenters. The highest BCUT2D eigenvalue weighted by Gasteiger charge is 2.34. The Morgan fingerprint density at radius 1 is 1.15 bits per heavy atom. The molecule has 1 rings (SSSR count). The fourth-order valence-corrected chi connectivity index (χ4v) is 2.69. The van der Waals surface area contributed by atoms with Crippen LogP contribution in [0.3, 0.4) is 0 Å². The van der Waals surface area contributed by atoms with Gasteiger partial charge in [-0.1, -0.05) is 6.42 Å². The van der Waals surface area contributed by atoms with Gasteiger partial charge in [-0.2, -0.15) is 0 Å². The molecule has 0 amide bonds. The zero-order valence-corrected chi connectivity index (χ0v) is 7.92. The normalized spacial score (nSPS) is 29.2. The summed E-state index contributed by atoms with van der Waals surface area (Å²) in [7, 11) is 0. The van der Waals surface area contributed by atoms with Gasteiger partial charge in [0.2, 0.25) is 0 Å². The third kappa shape index (κ3) is 2.62. The van der Waals surface area contributed by atoms with Crippen molar-refractivity contribution in [2.24, 2.45) is 5.92 Å². The van der Waals surface area contributed by atoms with Crippen molar-refractivity contribution in [2.75, 3.05) is 5.75 Å². The topological polar surface area (TPSA) is 74.6 Å². The predicted octanol–water partition coefficient (Wildman–Crippen LogP) is 1.06. The highest BCUT2D eigenvalue weighted by atomic mass is 32.2. The molecule has 4 nitrogen and oxygen atoms in total. The molecule has 1 heterocycles. The molecule has 0 aliphatic carbocycles. The van der Waals surface area contributed by atoms with Crippen LogP contribution in [0.15, 0.2) is 0 Å². The van der Waals surface area contributed by atoms with E-state index in [2.05, 4.69) is 0 Å². The Kier molecular flexibility index (Phi) is 3.59. The van der Waals surface area contributed by atoms with E-state index in [0.29, 0.717) is 6.42 Å². The minimum absolute atomic E-state index is 0.485. The molecule has 13 heavy (non-hydrogen) atoms.